The molecule has 1 saturated heterocycles. The molecule has 2 aromatic rings. The number of amides is 1. The van der Waals surface area contributed by atoms with Crippen molar-refractivity contribution in [2.45, 2.75) is 32.2 Å². The van der Waals surface area contributed by atoms with Crippen molar-refractivity contribution < 1.29 is 4.79 Å². The maximum atomic E-state index is 12.5. The molecule has 138 valence electrons. The number of hydrogen-bond acceptors (Lipinski definition) is 5. The molecule has 7 nitrogen and oxygen atoms in total. The van der Waals surface area contributed by atoms with Crippen molar-refractivity contribution in [2.24, 2.45) is 7.05 Å². The number of aryl methyl sites for hydroxylation is 1. The van der Waals surface area contributed by atoms with Crippen LogP contribution in [0.1, 0.15) is 46.2 Å². The minimum atomic E-state index is -0.384. The fraction of sp³-hybridized carbons (Fsp3) is 0.474. The summed E-state index contributed by atoms with van der Waals surface area (Å²) in [6.07, 6.45) is 5.42. The van der Waals surface area contributed by atoms with E-state index >= 15 is 0 Å². The minimum absolute atomic E-state index is 0.142. The van der Waals surface area contributed by atoms with Gasteiger partial charge in [0.25, 0.3) is 11.5 Å². The average molecular weight is 355 g/mol. The van der Waals surface area contributed by atoms with Crippen molar-refractivity contribution in [3.05, 3.63) is 57.5 Å². The molecule has 0 radical (unpaired) electrons. The Hall–Kier alpha value is -2.54. The largest absolute Gasteiger partial charge is 0.346 e. The second kappa shape index (κ2) is 7.78. The standard InChI is InChI=1S/C19H25N5O2/c1-13-4-5-15(19(26)24(13)3)18(25)22-12-16-17(21-9-8-20-16)14-6-10-23(2)11-7-14/h4-5,8-9,14H,6-7,10-12H2,1-3H3,(H,22,25). The van der Waals surface area contributed by atoms with E-state index in [1.165, 1.54) is 4.57 Å². The van der Waals surface area contributed by atoms with Gasteiger partial charge in [-0.2, -0.15) is 0 Å². The van der Waals surface area contributed by atoms with Gasteiger partial charge in [0.1, 0.15) is 5.56 Å². The lowest BCUT2D eigenvalue weighted by Crippen LogP contribution is -2.33. The summed E-state index contributed by atoms with van der Waals surface area (Å²) < 4.78 is 1.47. The van der Waals surface area contributed by atoms with Gasteiger partial charge in [0.15, 0.2) is 0 Å². The molecule has 3 rings (SSSR count). The lowest BCUT2D eigenvalue weighted by Gasteiger charge is -2.29. The highest BCUT2D eigenvalue weighted by atomic mass is 16.2. The van der Waals surface area contributed by atoms with E-state index in [1.807, 2.05) is 6.92 Å². The molecule has 1 N–H and O–H groups in total. The first-order valence-corrected chi connectivity index (χ1v) is 8.90. The van der Waals surface area contributed by atoms with Crippen LogP contribution < -0.4 is 10.9 Å². The van der Waals surface area contributed by atoms with Crippen LogP contribution in [0.2, 0.25) is 0 Å². The van der Waals surface area contributed by atoms with E-state index in [1.54, 1.807) is 31.6 Å². The maximum absolute atomic E-state index is 12.5. The second-order valence-electron chi connectivity index (χ2n) is 6.90. The molecule has 7 heteroatoms. The summed E-state index contributed by atoms with van der Waals surface area (Å²) in [5.41, 5.74) is 2.39. The number of likely N-dealkylation sites (tertiary alicyclic amines) is 1. The van der Waals surface area contributed by atoms with Crippen molar-refractivity contribution in [1.29, 1.82) is 0 Å². The average Bonchev–Trinajstić information content (AvgIpc) is 2.65. The monoisotopic (exact) mass is 355 g/mol. The second-order valence-corrected chi connectivity index (χ2v) is 6.90. The molecule has 0 unspecified atom stereocenters. The van der Waals surface area contributed by atoms with Crippen molar-refractivity contribution in [1.82, 2.24) is 24.8 Å². The van der Waals surface area contributed by atoms with Crippen molar-refractivity contribution in [3.8, 4) is 0 Å². The highest BCUT2D eigenvalue weighted by Gasteiger charge is 2.23. The fourth-order valence-electron chi connectivity index (χ4n) is 3.30. The van der Waals surface area contributed by atoms with Gasteiger partial charge in [0, 0.05) is 31.1 Å². The van der Waals surface area contributed by atoms with Crippen LogP contribution in [-0.4, -0.2) is 45.5 Å². The SMILES string of the molecule is Cc1ccc(C(=O)NCc2nccnc2C2CCN(C)CC2)c(=O)n1C. The Morgan fingerprint density at radius 3 is 2.62 bits per heavy atom. The number of hydrogen-bond donors (Lipinski definition) is 1. The van der Waals surface area contributed by atoms with Crippen LogP contribution in [-0.2, 0) is 13.6 Å². The predicted octanol–water partition coefficient (Wildman–Crippen LogP) is 1.22. The van der Waals surface area contributed by atoms with Gasteiger partial charge in [-0.05, 0) is 52.0 Å². The highest BCUT2D eigenvalue weighted by molar-refractivity contribution is 5.93. The van der Waals surface area contributed by atoms with E-state index in [9.17, 15) is 9.59 Å². The van der Waals surface area contributed by atoms with Crippen molar-refractivity contribution in [3.63, 3.8) is 0 Å². The molecule has 0 atom stereocenters. The zero-order valence-corrected chi connectivity index (χ0v) is 15.5. The van der Waals surface area contributed by atoms with Gasteiger partial charge >= 0.3 is 0 Å². The Bertz CT molecular complexity index is 853. The van der Waals surface area contributed by atoms with Gasteiger partial charge in [-0.3, -0.25) is 19.6 Å². The molecule has 0 saturated carbocycles. The maximum Gasteiger partial charge on any atom is 0.263 e. The van der Waals surface area contributed by atoms with Gasteiger partial charge < -0.3 is 14.8 Å². The third-order valence-corrected chi connectivity index (χ3v) is 5.13. The number of carbonyl (C=O) groups excluding carboxylic acids is 1. The normalized spacial score (nSPS) is 15.8. The first-order chi connectivity index (χ1) is 12.5. The number of piperidine rings is 1. The van der Waals surface area contributed by atoms with Gasteiger partial charge in [0.2, 0.25) is 0 Å². The van der Waals surface area contributed by atoms with E-state index in [2.05, 4.69) is 27.2 Å². The number of nitrogens with zero attached hydrogens (tertiary/aromatic N) is 4. The number of pyridine rings is 1. The first kappa shape index (κ1) is 18.3. The van der Waals surface area contributed by atoms with Crippen LogP contribution in [0.5, 0.6) is 0 Å². The molecule has 1 amide bonds. The topological polar surface area (TPSA) is 80.1 Å². The Balaban J connectivity index is 1.73. The lowest BCUT2D eigenvalue weighted by atomic mass is 9.92. The first-order valence-electron chi connectivity index (χ1n) is 8.90. The molecular weight excluding hydrogens is 330 g/mol. The van der Waals surface area contributed by atoms with E-state index in [4.69, 9.17) is 0 Å². The van der Waals surface area contributed by atoms with E-state index in [0.29, 0.717) is 5.92 Å². The lowest BCUT2D eigenvalue weighted by molar-refractivity contribution is 0.0948. The fourth-order valence-corrected chi connectivity index (χ4v) is 3.30. The Kier molecular flexibility index (Phi) is 5.46. The molecule has 1 aliphatic heterocycles. The summed E-state index contributed by atoms with van der Waals surface area (Å²) in [5, 5.41) is 2.83. The molecule has 3 heterocycles. The van der Waals surface area contributed by atoms with Crippen molar-refractivity contribution in [2.75, 3.05) is 20.1 Å². The zero-order chi connectivity index (χ0) is 18.7. The van der Waals surface area contributed by atoms with Crippen LogP contribution in [0.4, 0.5) is 0 Å². The molecule has 1 fully saturated rings. The van der Waals surface area contributed by atoms with E-state index < -0.39 is 0 Å². The highest BCUT2D eigenvalue weighted by Crippen LogP contribution is 2.27. The van der Waals surface area contributed by atoms with Gasteiger partial charge in [0.05, 0.1) is 17.9 Å². The molecule has 0 spiro atoms. The Morgan fingerprint density at radius 2 is 1.88 bits per heavy atom. The van der Waals surface area contributed by atoms with Crippen LogP contribution in [0.3, 0.4) is 0 Å². The molecule has 0 aromatic carbocycles. The minimum Gasteiger partial charge on any atom is -0.346 e. The van der Waals surface area contributed by atoms with Gasteiger partial charge in [-0.25, -0.2) is 0 Å². The van der Waals surface area contributed by atoms with Gasteiger partial charge in [-0.15, -0.1) is 0 Å². The smallest absolute Gasteiger partial charge is 0.263 e. The van der Waals surface area contributed by atoms with Crippen molar-refractivity contribution >= 4 is 5.91 Å². The number of nitrogens with one attached hydrogen (secondary N) is 1. The molecule has 2 aromatic heterocycles. The van der Waals surface area contributed by atoms with Gasteiger partial charge in [-0.1, -0.05) is 0 Å². The Morgan fingerprint density at radius 1 is 1.19 bits per heavy atom. The Labute approximate surface area is 153 Å². The number of aromatic nitrogens is 3. The van der Waals surface area contributed by atoms with Crippen LogP contribution in [0.15, 0.2) is 29.3 Å². The third-order valence-electron chi connectivity index (χ3n) is 5.13. The summed E-state index contributed by atoms with van der Waals surface area (Å²) >= 11 is 0. The molecule has 0 aliphatic carbocycles. The quantitative estimate of drug-likeness (QED) is 0.892. The summed E-state index contributed by atoms with van der Waals surface area (Å²) in [6.45, 7) is 4.17. The third kappa shape index (κ3) is 3.83. The number of carbonyl (C=O) groups is 1. The molecular formula is C19H25N5O2. The summed E-state index contributed by atoms with van der Waals surface area (Å²) in [4.78, 5) is 36.0. The van der Waals surface area contributed by atoms with Crippen LogP contribution in [0, 0.1) is 6.92 Å². The molecule has 1 aliphatic rings. The zero-order valence-electron chi connectivity index (χ0n) is 15.5. The predicted molar refractivity (Wildman–Crippen MR) is 99.1 cm³/mol. The van der Waals surface area contributed by atoms with E-state index in [-0.39, 0.29) is 23.6 Å². The summed E-state index contributed by atoms with van der Waals surface area (Å²) in [5.74, 6) is -0.0235. The van der Waals surface area contributed by atoms with Crippen LogP contribution >= 0.6 is 0 Å². The molecule has 26 heavy (non-hydrogen) atoms. The summed E-state index contributed by atoms with van der Waals surface area (Å²) in [7, 11) is 3.78. The number of rotatable bonds is 4. The van der Waals surface area contributed by atoms with Crippen LogP contribution in [0.25, 0.3) is 0 Å². The molecule has 0 bridgehead atoms. The summed E-state index contributed by atoms with van der Waals surface area (Å²) in [6, 6.07) is 3.34. The van der Waals surface area contributed by atoms with E-state index in [0.717, 1.165) is 43.0 Å².